The molecule has 0 saturated carbocycles. The Morgan fingerprint density at radius 2 is 1.78 bits per heavy atom. The van der Waals surface area contributed by atoms with Crippen LogP contribution in [-0.2, 0) is 18.1 Å². The van der Waals surface area contributed by atoms with E-state index in [-0.39, 0.29) is 49.6 Å². The Labute approximate surface area is 198 Å². The number of rotatable bonds is 4. The van der Waals surface area contributed by atoms with E-state index in [1.165, 1.54) is 11.8 Å². The lowest BCUT2D eigenvalue weighted by molar-refractivity contribution is -0.184. The van der Waals surface area contributed by atoms with Gasteiger partial charge in [0.25, 0.3) is 0 Å². The van der Waals surface area contributed by atoms with Crippen LogP contribution in [-0.4, -0.2) is 30.1 Å². The monoisotopic (exact) mass is 538 g/mol. The molecule has 1 atom stereocenters. The molecule has 2 aromatic rings. The van der Waals surface area contributed by atoms with Crippen molar-refractivity contribution in [3.8, 4) is 0 Å². The van der Waals surface area contributed by atoms with Gasteiger partial charge in [0, 0.05) is 13.1 Å². The van der Waals surface area contributed by atoms with Crippen molar-refractivity contribution in [2.24, 2.45) is 10.7 Å². The summed E-state index contributed by atoms with van der Waals surface area (Å²) in [5.41, 5.74) is 1.57. The highest BCUT2D eigenvalue weighted by atomic mass is 35.5. The minimum atomic E-state index is -4.79. The molecule has 1 fully saturated rings. The Bertz CT molecular complexity index is 1030. The van der Waals surface area contributed by atoms with Crippen molar-refractivity contribution < 1.29 is 26.3 Å². The highest BCUT2D eigenvalue weighted by molar-refractivity contribution is 7.15. The predicted molar refractivity (Wildman–Crippen MR) is 114 cm³/mol. The van der Waals surface area contributed by atoms with E-state index in [2.05, 4.69) is 9.98 Å². The molecule has 1 aromatic carbocycles. The zero-order chi connectivity index (χ0) is 24.1. The van der Waals surface area contributed by atoms with Gasteiger partial charge in [-0.05, 0) is 31.0 Å². The summed E-state index contributed by atoms with van der Waals surface area (Å²) in [4.78, 5) is 8.31. The largest absolute Gasteiger partial charge is 0.434 e. The van der Waals surface area contributed by atoms with Gasteiger partial charge in [-0.2, -0.15) is 26.3 Å². The van der Waals surface area contributed by atoms with Crippen LogP contribution in [0.4, 0.5) is 31.5 Å². The van der Waals surface area contributed by atoms with Gasteiger partial charge in [-0.3, -0.25) is 4.99 Å². The molecule has 14 heteroatoms. The molecule has 2 heterocycles. The summed E-state index contributed by atoms with van der Waals surface area (Å²) in [6.45, 7) is 0.195. The maximum absolute atomic E-state index is 14.3. The third-order valence-electron chi connectivity index (χ3n) is 5.05. The molecule has 1 unspecified atom stereocenters. The lowest BCUT2D eigenvalue weighted by Gasteiger charge is -2.32. The predicted octanol–water partition coefficient (Wildman–Crippen LogP) is 6.71. The maximum Gasteiger partial charge on any atom is 0.434 e. The molecule has 176 valence electrons. The van der Waals surface area contributed by atoms with Crippen LogP contribution in [0.2, 0.25) is 15.1 Å². The Morgan fingerprint density at radius 1 is 1.19 bits per heavy atom. The van der Waals surface area contributed by atoms with Gasteiger partial charge in [0.15, 0.2) is 10.8 Å². The molecule has 1 aromatic heterocycles. The fourth-order valence-electron chi connectivity index (χ4n) is 3.44. The molecule has 0 amide bonds. The van der Waals surface area contributed by atoms with Crippen LogP contribution in [0.5, 0.6) is 0 Å². The summed E-state index contributed by atoms with van der Waals surface area (Å²) < 4.78 is 83.1. The molecule has 4 nitrogen and oxygen atoms in total. The van der Waals surface area contributed by atoms with Gasteiger partial charge in [-0.25, -0.2) is 4.98 Å². The van der Waals surface area contributed by atoms with Gasteiger partial charge in [0.05, 0.1) is 32.3 Å². The van der Waals surface area contributed by atoms with E-state index in [9.17, 15) is 26.3 Å². The van der Waals surface area contributed by atoms with Crippen LogP contribution in [0.3, 0.4) is 0 Å². The van der Waals surface area contributed by atoms with E-state index in [1.54, 1.807) is 0 Å². The Morgan fingerprint density at radius 3 is 2.28 bits per heavy atom. The number of benzene rings is 1. The maximum atomic E-state index is 14.3. The molecular formula is C18H15Cl3F6N4S. The van der Waals surface area contributed by atoms with Gasteiger partial charge in [0.2, 0.25) is 0 Å². The average molecular weight is 540 g/mol. The van der Waals surface area contributed by atoms with E-state index in [0.29, 0.717) is 11.3 Å². The van der Waals surface area contributed by atoms with Gasteiger partial charge in [0.1, 0.15) is 5.41 Å². The number of anilines is 1. The number of nitrogens with zero attached hydrogens (tertiary/aromatic N) is 3. The van der Waals surface area contributed by atoms with E-state index >= 15 is 0 Å². The van der Waals surface area contributed by atoms with Crippen molar-refractivity contribution in [3.05, 3.63) is 43.3 Å². The Hall–Kier alpha value is -1.43. The first-order chi connectivity index (χ1) is 14.7. The molecule has 0 spiro atoms. The fraction of sp³-hybridized carbons (Fsp3) is 0.444. The smallest absolute Gasteiger partial charge is 0.388 e. The third-order valence-corrected chi connectivity index (χ3v) is 7.34. The van der Waals surface area contributed by atoms with E-state index in [4.69, 9.17) is 40.5 Å². The number of halogens is 9. The first kappa shape index (κ1) is 25.2. The number of nitrogens with two attached hydrogens (primary N) is 1. The molecule has 1 saturated heterocycles. The summed E-state index contributed by atoms with van der Waals surface area (Å²) in [7, 11) is 0. The fourth-order valence-corrected chi connectivity index (χ4v) is 5.06. The molecule has 32 heavy (non-hydrogen) atoms. The molecule has 1 aliphatic heterocycles. The lowest BCUT2D eigenvalue weighted by atomic mass is 9.79. The average Bonchev–Trinajstić information content (AvgIpc) is 3.28. The van der Waals surface area contributed by atoms with Crippen molar-refractivity contribution in [1.29, 1.82) is 0 Å². The highest BCUT2D eigenvalue weighted by Crippen LogP contribution is 2.51. The second-order valence-corrected chi connectivity index (χ2v) is 9.48. The van der Waals surface area contributed by atoms with E-state index < -0.39 is 36.4 Å². The van der Waals surface area contributed by atoms with Gasteiger partial charge >= 0.3 is 12.4 Å². The summed E-state index contributed by atoms with van der Waals surface area (Å²) in [5, 5.41) is -0.571. The van der Waals surface area contributed by atoms with E-state index in [1.807, 2.05) is 0 Å². The summed E-state index contributed by atoms with van der Waals surface area (Å²) >= 11 is 18.4. The second kappa shape index (κ2) is 8.73. The number of aliphatic imine (C=N–C) groups is 1. The van der Waals surface area contributed by atoms with Crippen LogP contribution < -0.4 is 10.6 Å². The molecule has 0 radical (unpaired) electrons. The first-order valence-corrected chi connectivity index (χ1v) is 10.9. The lowest BCUT2D eigenvalue weighted by Crippen LogP contribution is -2.44. The van der Waals surface area contributed by atoms with Crippen molar-refractivity contribution in [1.82, 2.24) is 4.98 Å². The van der Waals surface area contributed by atoms with Crippen LogP contribution in [0.1, 0.15) is 29.5 Å². The number of aromatic nitrogens is 1. The molecule has 0 aliphatic carbocycles. The topological polar surface area (TPSA) is 54.5 Å². The van der Waals surface area contributed by atoms with Crippen molar-refractivity contribution >= 4 is 57.1 Å². The Balaban J connectivity index is 2.03. The number of hydrogen-bond acceptors (Lipinski definition) is 4. The minimum Gasteiger partial charge on any atom is -0.388 e. The molecule has 2 N–H and O–H groups in total. The summed E-state index contributed by atoms with van der Waals surface area (Å²) in [5.74, 6) is 0.0711. The van der Waals surface area contributed by atoms with Crippen molar-refractivity contribution in [2.45, 2.75) is 37.7 Å². The van der Waals surface area contributed by atoms with Crippen LogP contribution in [0.15, 0.2) is 17.1 Å². The Kier molecular flexibility index (Phi) is 6.88. The van der Waals surface area contributed by atoms with Crippen molar-refractivity contribution in [2.75, 3.05) is 18.0 Å². The molecular weight excluding hydrogens is 525 g/mol. The number of hydrogen-bond donors (Lipinski definition) is 1. The summed E-state index contributed by atoms with van der Waals surface area (Å²) in [6.07, 6.45) is -9.96. The van der Waals surface area contributed by atoms with E-state index in [0.717, 1.165) is 12.1 Å². The van der Waals surface area contributed by atoms with Crippen molar-refractivity contribution in [3.63, 3.8) is 0 Å². The zero-order valence-electron chi connectivity index (χ0n) is 16.2. The number of amidine groups is 1. The number of alkyl halides is 6. The van der Waals surface area contributed by atoms with Crippen LogP contribution in [0, 0.1) is 0 Å². The molecule has 3 rings (SSSR count). The zero-order valence-corrected chi connectivity index (χ0v) is 19.3. The van der Waals surface area contributed by atoms with Crippen LogP contribution in [0.25, 0.3) is 0 Å². The SMILES string of the molecule is CC(N)=NCc1sc(N2CCC(c3cc(Cl)c(Cl)c(Cl)c3)(C(F)(F)F)C2)nc1C(F)(F)F. The highest BCUT2D eigenvalue weighted by Gasteiger charge is 2.59. The molecule has 1 aliphatic rings. The van der Waals surface area contributed by atoms with Gasteiger partial charge in [-0.15, -0.1) is 0 Å². The standard InChI is InChI=1S/C18H15Cl3F6N4S/c1-8(28)29-6-12-14(17(22,23)24)30-15(32-12)31-3-2-16(7-31,18(25,26)27)9-4-10(19)13(21)11(20)5-9/h4-5H,2-3,6-7H2,1H3,(H2,28,29). The summed E-state index contributed by atoms with van der Waals surface area (Å²) in [6, 6.07) is 2.17. The minimum absolute atomic E-state index is 0.0711. The first-order valence-electron chi connectivity index (χ1n) is 8.96. The normalized spacial score (nSPS) is 20.3. The second-order valence-electron chi connectivity index (χ2n) is 7.23. The van der Waals surface area contributed by atoms with Crippen LogP contribution >= 0.6 is 46.1 Å². The van der Waals surface area contributed by atoms with Gasteiger partial charge < -0.3 is 10.6 Å². The third kappa shape index (κ3) is 4.76. The van der Waals surface area contributed by atoms with Gasteiger partial charge in [-0.1, -0.05) is 46.1 Å². The molecule has 0 bridgehead atoms. The quantitative estimate of drug-likeness (QED) is 0.203. The number of thiazole rings is 1.